The van der Waals surface area contributed by atoms with E-state index in [0.717, 1.165) is 23.0 Å². The molecule has 0 aliphatic carbocycles. The van der Waals surface area contributed by atoms with Gasteiger partial charge in [0.05, 0.1) is 0 Å². The monoisotopic (exact) mass is 239 g/mol. The zero-order valence-electron chi connectivity index (χ0n) is 10.3. The molecule has 0 bridgehead atoms. The summed E-state index contributed by atoms with van der Waals surface area (Å²) in [6.45, 7) is 1.97. The molecular weight excluding hydrogens is 226 g/mol. The molecule has 0 amide bonds. The average molecular weight is 239 g/mol. The van der Waals surface area contributed by atoms with Gasteiger partial charge < -0.3 is 0 Å². The van der Waals surface area contributed by atoms with Gasteiger partial charge in [-0.2, -0.15) is 0 Å². The van der Waals surface area contributed by atoms with E-state index in [1.165, 1.54) is 0 Å². The first-order chi connectivity index (χ1) is 8.75. The van der Waals surface area contributed by atoms with Crippen molar-refractivity contribution in [2.45, 2.75) is 6.92 Å². The van der Waals surface area contributed by atoms with E-state index in [-0.39, 0.29) is 0 Å². The summed E-state index contributed by atoms with van der Waals surface area (Å²) in [6, 6.07) is 7.87. The van der Waals surface area contributed by atoms with E-state index in [0.29, 0.717) is 0 Å². The Morgan fingerprint density at radius 2 is 1.89 bits per heavy atom. The topological polar surface area (TPSA) is 48.5 Å². The summed E-state index contributed by atoms with van der Waals surface area (Å²) in [5, 5.41) is 8.47. The van der Waals surface area contributed by atoms with Crippen LogP contribution in [0, 0.1) is 6.92 Å². The smallest absolute Gasteiger partial charge is 0.235 e. The predicted molar refractivity (Wildman–Crippen MR) is 68.3 cm³/mol. The number of aryl methyl sites for hydroxylation is 1. The first-order valence-corrected chi connectivity index (χ1v) is 5.71. The summed E-state index contributed by atoms with van der Waals surface area (Å²) in [5.41, 5.74) is 1.99. The summed E-state index contributed by atoms with van der Waals surface area (Å²) in [7, 11) is 1.96. The van der Waals surface area contributed by atoms with Gasteiger partial charge in [-0.25, -0.2) is 0 Å². The largest absolute Gasteiger partial charge is 0.296 e. The average Bonchev–Trinajstić information content (AvgIpc) is 2.97. The summed E-state index contributed by atoms with van der Waals surface area (Å²) < 4.78 is 3.90. The highest BCUT2D eigenvalue weighted by molar-refractivity contribution is 5.56. The first kappa shape index (κ1) is 10.7. The molecular formula is C13H13N5. The summed E-state index contributed by atoms with van der Waals surface area (Å²) in [6.07, 6.45) is 5.69. The Hall–Kier alpha value is -2.43. The van der Waals surface area contributed by atoms with Gasteiger partial charge in [-0.15, -0.1) is 10.2 Å². The van der Waals surface area contributed by atoms with Crippen molar-refractivity contribution in [2.75, 3.05) is 0 Å². The Morgan fingerprint density at radius 3 is 2.61 bits per heavy atom. The number of hydrogen-bond acceptors (Lipinski definition) is 3. The predicted octanol–water partition coefficient (Wildman–Crippen LogP) is 1.98. The highest BCUT2D eigenvalue weighted by Crippen LogP contribution is 2.18. The third-order valence-electron chi connectivity index (χ3n) is 2.84. The molecule has 0 unspecified atom stereocenters. The highest BCUT2D eigenvalue weighted by Gasteiger charge is 2.11. The lowest BCUT2D eigenvalue weighted by Gasteiger charge is -2.04. The molecule has 0 N–H and O–H groups in total. The zero-order valence-corrected chi connectivity index (χ0v) is 10.3. The SMILES string of the molecule is Cc1cc(-c2nnc(-n3cccc3)n2C)ccn1. The van der Waals surface area contributed by atoms with Crippen LogP contribution < -0.4 is 0 Å². The minimum absolute atomic E-state index is 0.796. The van der Waals surface area contributed by atoms with Gasteiger partial charge in [0.25, 0.3) is 0 Å². The van der Waals surface area contributed by atoms with Crippen LogP contribution in [-0.2, 0) is 7.05 Å². The van der Waals surface area contributed by atoms with Gasteiger partial charge in [-0.3, -0.25) is 14.1 Å². The Balaban J connectivity index is 2.10. The van der Waals surface area contributed by atoms with E-state index in [1.54, 1.807) is 6.20 Å². The van der Waals surface area contributed by atoms with Crippen LogP contribution in [0.2, 0.25) is 0 Å². The van der Waals surface area contributed by atoms with E-state index in [2.05, 4.69) is 15.2 Å². The molecule has 0 aliphatic rings. The van der Waals surface area contributed by atoms with Crippen LogP contribution in [-0.4, -0.2) is 24.3 Å². The van der Waals surface area contributed by atoms with Crippen molar-refractivity contribution in [1.82, 2.24) is 24.3 Å². The minimum Gasteiger partial charge on any atom is -0.296 e. The molecule has 0 radical (unpaired) electrons. The Labute approximate surface area is 105 Å². The quantitative estimate of drug-likeness (QED) is 0.687. The van der Waals surface area contributed by atoms with E-state index < -0.39 is 0 Å². The van der Waals surface area contributed by atoms with E-state index >= 15 is 0 Å². The molecule has 3 heterocycles. The molecule has 5 nitrogen and oxygen atoms in total. The molecule has 90 valence electrons. The molecule has 0 saturated heterocycles. The van der Waals surface area contributed by atoms with Crippen LogP contribution in [0.5, 0.6) is 0 Å². The molecule has 0 saturated carbocycles. The molecule has 18 heavy (non-hydrogen) atoms. The van der Waals surface area contributed by atoms with Crippen LogP contribution in [0.4, 0.5) is 0 Å². The standard InChI is InChI=1S/C13H13N5/c1-10-9-11(5-6-14-10)12-15-16-13(17(12)2)18-7-3-4-8-18/h3-9H,1-2H3. The fourth-order valence-electron chi connectivity index (χ4n) is 1.95. The Kier molecular flexibility index (Phi) is 2.44. The number of aromatic nitrogens is 5. The van der Waals surface area contributed by atoms with Gasteiger partial charge in [-0.05, 0) is 31.2 Å². The summed E-state index contributed by atoms with van der Waals surface area (Å²) in [5.74, 6) is 1.63. The lowest BCUT2D eigenvalue weighted by Crippen LogP contribution is -2.02. The third-order valence-corrected chi connectivity index (χ3v) is 2.84. The molecule has 3 aromatic heterocycles. The first-order valence-electron chi connectivity index (χ1n) is 5.71. The third kappa shape index (κ3) is 1.69. The maximum atomic E-state index is 4.25. The Bertz CT molecular complexity index is 667. The van der Waals surface area contributed by atoms with Crippen molar-refractivity contribution < 1.29 is 0 Å². The molecule has 0 atom stereocenters. The van der Waals surface area contributed by atoms with Crippen molar-refractivity contribution >= 4 is 0 Å². The van der Waals surface area contributed by atoms with Crippen molar-refractivity contribution in [3.63, 3.8) is 0 Å². The Morgan fingerprint density at radius 1 is 1.11 bits per heavy atom. The van der Waals surface area contributed by atoms with Crippen LogP contribution in [0.25, 0.3) is 17.3 Å². The van der Waals surface area contributed by atoms with Crippen LogP contribution in [0.3, 0.4) is 0 Å². The number of hydrogen-bond donors (Lipinski definition) is 0. The minimum atomic E-state index is 0.796. The van der Waals surface area contributed by atoms with Gasteiger partial charge >= 0.3 is 0 Å². The summed E-state index contributed by atoms with van der Waals surface area (Å²) >= 11 is 0. The maximum absolute atomic E-state index is 4.25. The molecule has 0 fully saturated rings. The van der Waals surface area contributed by atoms with Crippen molar-refractivity contribution in [3.05, 3.63) is 48.5 Å². The highest BCUT2D eigenvalue weighted by atomic mass is 15.4. The van der Waals surface area contributed by atoms with E-state index in [9.17, 15) is 0 Å². The van der Waals surface area contributed by atoms with Gasteiger partial charge in [0, 0.05) is 36.9 Å². The fourth-order valence-corrected chi connectivity index (χ4v) is 1.95. The van der Waals surface area contributed by atoms with Crippen molar-refractivity contribution in [1.29, 1.82) is 0 Å². The van der Waals surface area contributed by atoms with Gasteiger partial charge in [0.1, 0.15) is 0 Å². The van der Waals surface area contributed by atoms with Gasteiger partial charge in [0.2, 0.25) is 5.95 Å². The van der Waals surface area contributed by atoms with E-state index in [1.807, 2.05) is 59.8 Å². The van der Waals surface area contributed by atoms with Crippen LogP contribution >= 0.6 is 0 Å². The lowest BCUT2D eigenvalue weighted by molar-refractivity contribution is 0.826. The second-order valence-electron chi connectivity index (χ2n) is 4.16. The molecule has 3 aromatic rings. The molecule has 0 aliphatic heterocycles. The molecule has 0 aromatic carbocycles. The number of rotatable bonds is 2. The zero-order chi connectivity index (χ0) is 12.5. The molecule has 3 rings (SSSR count). The molecule has 5 heteroatoms. The van der Waals surface area contributed by atoms with Crippen LogP contribution in [0.15, 0.2) is 42.9 Å². The van der Waals surface area contributed by atoms with Gasteiger partial charge in [0.15, 0.2) is 5.82 Å². The normalized spacial score (nSPS) is 10.8. The van der Waals surface area contributed by atoms with Gasteiger partial charge in [-0.1, -0.05) is 0 Å². The number of nitrogens with zero attached hydrogens (tertiary/aromatic N) is 5. The lowest BCUT2D eigenvalue weighted by atomic mass is 10.2. The number of pyridine rings is 1. The second kappa shape index (κ2) is 4.10. The fraction of sp³-hybridized carbons (Fsp3) is 0.154. The van der Waals surface area contributed by atoms with Crippen LogP contribution in [0.1, 0.15) is 5.69 Å². The van der Waals surface area contributed by atoms with Crippen molar-refractivity contribution in [3.8, 4) is 17.3 Å². The van der Waals surface area contributed by atoms with Crippen molar-refractivity contribution in [2.24, 2.45) is 7.05 Å². The second-order valence-corrected chi connectivity index (χ2v) is 4.16. The maximum Gasteiger partial charge on any atom is 0.235 e. The summed E-state index contributed by atoms with van der Waals surface area (Å²) in [4.78, 5) is 4.19. The van der Waals surface area contributed by atoms with E-state index in [4.69, 9.17) is 0 Å². The molecule has 0 spiro atoms.